The van der Waals surface area contributed by atoms with E-state index in [1.807, 2.05) is 25.7 Å². The lowest BCUT2D eigenvalue weighted by molar-refractivity contribution is -0.121. The van der Waals surface area contributed by atoms with Crippen molar-refractivity contribution in [2.75, 3.05) is 31.5 Å². The third kappa shape index (κ3) is 5.70. The highest BCUT2D eigenvalue weighted by Gasteiger charge is 2.29. The molecule has 7 heteroatoms. The van der Waals surface area contributed by atoms with Gasteiger partial charge in [0.2, 0.25) is 5.91 Å². The number of hydrogen-bond donors (Lipinski definition) is 1. The Labute approximate surface area is 147 Å². The van der Waals surface area contributed by atoms with Crippen molar-refractivity contribution >= 4 is 17.7 Å². The fourth-order valence-corrected chi connectivity index (χ4v) is 2.60. The van der Waals surface area contributed by atoms with Crippen LogP contribution in [0.3, 0.4) is 0 Å². The number of piperazine rings is 1. The second kappa shape index (κ2) is 7.82. The van der Waals surface area contributed by atoms with Crippen molar-refractivity contribution in [2.24, 2.45) is 0 Å². The number of carbonyl (C=O) groups is 2. The van der Waals surface area contributed by atoms with Crippen LogP contribution in [0.15, 0.2) is 24.3 Å². The van der Waals surface area contributed by atoms with Crippen molar-refractivity contribution in [3.8, 4) is 0 Å². The number of halogens is 1. The number of rotatable bonds is 3. The Bertz CT molecular complexity index is 622. The molecule has 1 N–H and O–H groups in total. The summed E-state index contributed by atoms with van der Waals surface area (Å²) >= 11 is 0. The van der Waals surface area contributed by atoms with Gasteiger partial charge in [-0.2, -0.15) is 0 Å². The summed E-state index contributed by atoms with van der Waals surface area (Å²) in [6, 6.07) is 5.44. The largest absolute Gasteiger partial charge is 0.444 e. The molecule has 1 aromatic carbocycles. The maximum absolute atomic E-state index is 13.2. The van der Waals surface area contributed by atoms with E-state index in [1.54, 1.807) is 24.0 Å². The van der Waals surface area contributed by atoms with Gasteiger partial charge in [0, 0.05) is 31.9 Å². The summed E-state index contributed by atoms with van der Waals surface area (Å²) in [7, 11) is 0. The molecular formula is C18H26FN3O3. The van der Waals surface area contributed by atoms with Crippen LogP contribution >= 0.6 is 0 Å². The van der Waals surface area contributed by atoms with Crippen molar-refractivity contribution in [3.05, 3.63) is 30.1 Å². The Morgan fingerprint density at radius 3 is 2.40 bits per heavy atom. The molecule has 0 radical (unpaired) electrons. The maximum atomic E-state index is 13.2. The number of hydrogen-bond acceptors (Lipinski definition) is 4. The quantitative estimate of drug-likeness (QED) is 0.910. The smallest absolute Gasteiger partial charge is 0.410 e. The molecule has 0 bridgehead atoms. The molecular weight excluding hydrogens is 325 g/mol. The van der Waals surface area contributed by atoms with Crippen molar-refractivity contribution < 1.29 is 18.7 Å². The van der Waals surface area contributed by atoms with Crippen LogP contribution in [0.1, 0.15) is 27.7 Å². The molecule has 25 heavy (non-hydrogen) atoms. The number of nitrogens with zero attached hydrogens (tertiary/aromatic N) is 2. The Morgan fingerprint density at radius 1 is 1.20 bits per heavy atom. The molecule has 0 aromatic heterocycles. The molecule has 1 aliphatic rings. The number of amides is 2. The highest BCUT2D eigenvalue weighted by molar-refractivity contribution is 5.94. The Hall–Kier alpha value is -2.15. The van der Waals surface area contributed by atoms with E-state index in [4.69, 9.17) is 4.74 Å². The second-order valence-corrected chi connectivity index (χ2v) is 7.18. The normalized spacial score (nSPS) is 17.1. The Balaban J connectivity index is 1.85. The van der Waals surface area contributed by atoms with Crippen LogP contribution in [-0.2, 0) is 9.53 Å². The first-order valence-electron chi connectivity index (χ1n) is 8.44. The van der Waals surface area contributed by atoms with Crippen LogP contribution in [0.2, 0.25) is 0 Å². The van der Waals surface area contributed by atoms with Crippen LogP contribution in [0.25, 0.3) is 0 Å². The molecule has 1 unspecified atom stereocenters. The first-order chi connectivity index (χ1) is 11.7. The minimum absolute atomic E-state index is 0.198. The van der Waals surface area contributed by atoms with Gasteiger partial charge in [0.1, 0.15) is 11.4 Å². The summed E-state index contributed by atoms with van der Waals surface area (Å²) in [6.45, 7) is 9.48. The van der Waals surface area contributed by atoms with Gasteiger partial charge in [-0.1, -0.05) is 6.07 Å². The number of benzene rings is 1. The van der Waals surface area contributed by atoms with E-state index >= 15 is 0 Å². The van der Waals surface area contributed by atoms with Gasteiger partial charge in [0.05, 0.1) is 6.04 Å². The van der Waals surface area contributed by atoms with Crippen LogP contribution in [0.4, 0.5) is 14.9 Å². The van der Waals surface area contributed by atoms with E-state index in [2.05, 4.69) is 5.32 Å². The molecule has 0 saturated carbocycles. The van der Waals surface area contributed by atoms with Gasteiger partial charge in [-0.15, -0.1) is 0 Å². The molecule has 2 rings (SSSR count). The standard InChI is InChI=1S/C18H26FN3O3/c1-13(16(23)20-15-7-5-6-14(19)12-15)21-8-10-22(11-9-21)17(24)25-18(2,3)4/h5-7,12-13H,8-11H2,1-4H3,(H,20,23). The molecule has 1 atom stereocenters. The van der Waals surface area contributed by atoms with E-state index in [9.17, 15) is 14.0 Å². The second-order valence-electron chi connectivity index (χ2n) is 7.18. The van der Waals surface area contributed by atoms with Crippen molar-refractivity contribution in [2.45, 2.75) is 39.3 Å². The zero-order chi connectivity index (χ0) is 18.6. The van der Waals surface area contributed by atoms with Crippen LogP contribution in [-0.4, -0.2) is 59.6 Å². The first-order valence-corrected chi connectivity index (χ1v) is 8.44. The zero-order valence-corrected chi connectivity index (χ0v) is 15.2. The Morgan fingerprint density at radius 2 is 1.84 bits per heavy atom. The molecule has 1 aromatic rings. The monoisotopic (exact) mass is 351 g/mol. The molecule has 138 valence electrons. The van der Waals surface area contributed by atoms with Crippen LogP contribution in [0, 0.1) is 5.82 Å². The van der Waals surface area contributed by atoms with Crippen molar-refractivity contribution in [3.63, 3.8) is 0 Å². The SMILES string of the molecule is CC(C(=O)Nc1cccc(F)c1)N1CCN(C(=O)OC(C)(C)C)CC1. The van der Waals surface area contributed by atoms with Crippen molar-refractivity contribution in [1.29, 1.82) is 0 Å². The average molecular weight is 351 g/mol. The van der Waals surface area contributed by atoms with E-state index < -0.39 is 11.4 Å². The predicted octanol–water partition coefficient (Wildman–Crippen LogP) is 2.71. The average Bonchev–Trinajstić information content (AvgIpc) is 2.52. The van der Waals surface area contributed by atoms with Crippen molar-refractivity contribution in [1.82, 2.24) is 9.80 Å². The van der Waals surface area contributed by atoms with Gasteiger partial charge in [-0.3, -0.25) is 9.69 Å². The van der Waals surface area contributed by atoms with E-state index in [0.29, 0.717) is 31.9 Å². The third-order valence-electron chi connectivity index (χ3n) is 3.99. The van der Waals surface area contributed by atoms with Gasteiger partial charge >= 0.3 is 6.09 Å². The zero-order valence-electron chi connectivity index (χ0n) is 15.2. The molecule has 1 aliphatic heterocycles. The van der Waals surface area contributed by atoms with E-state index in [0.717, 1.165) is 0 Å². The van der Waals surface area contributed by atoms with Gasteiger partial charge in [-0.05, 0) is 45.9 Å². The third-order valence-corrected chi connectivity index (χ3v) is 3.99. The summed E-state index contributed by atoms with van der Waals surface area (Å²) in [5, 5.41) is 2.72. The highest BCUT2D eigenvalue weighted by Crippen LogP contribution is 2.15. The molecule has 1 fully saturated rings. The van der Waals surface area contributed by atoms with Crippen LogP contribution < -0.4 is 5.32 Å². The summed E-state index contributed by atoms with van der Waals surface area (Å²) in [4.78, 5) is 28.1. The molecule has 1 heterocycles. The predicted molar refractivity (Wildman–Crippen MR) is 93.9 cm³/mol. The molecule has 0 spiro atoms. The fraction of sp³-hybridized carbons (Fsp3) is 0.556. The van der Waals surface area contributed by atoms with Gasteiger partial charge in [-0.25, -0.2) is 9.18 Å². The molecule has 1 saturated heterocycles. The minimum atomic E-state index is -0.521. The number of anilines is 1. The van der Waals surface area contributed by atoms with Gasteiger partial charge in [0.15, 0.2) is 0 Å². The highest BCUT2D eigenvalue weighted by atomic mass is 19.1. The lowest BCUT2D eigenvalue weighted by Crippen LogP contribution is -2.54. The maximum Gasteiger partial charge on any atom is 0.410 e. The van der Waals surface area contributed by atoms with Crippen LogP contribution in [0.5, 0.6) is 0 Å². The van der Waals surface area contributed by atoms with E-state index in [-0.39, 0.29) is 18.0 Å². The van der Waals surface area contributed by atoms with E-state index in [1.165, 1.54) is 12.1 Å². The molecule has 6 nitrogen and oxygen atoms in total. The summed E-state index contributed by atoms with van der Waals surface area (Å²) in [5.41, 5.74) is -0.0870. The van der Waals surface area contributed by atoms with Gasteiger partial charge in [0.25, 0.3) is 0 Å². The lowest BCUT2D eigenvalue weighted by atomic mass is 10.2. The molecule has 2 amide bonds. The Kier molecular flexibility index (Phi) is 6.00. The summed E-state index contributed by atoms with van der Waals surface area (Å²) in [6.07, 6.45) is -0.330. The first kappa shape index (κ1) is 19.2. The number of nitrogens with one attached hydrogen (secondary N) is 1. The fourth-order valence-electron chi connectivity index (χ4n) is 2.60. The number of ether oxygens (including phenoxy) is 1. The lowest BCUT2D eigenvalue weighted by Gasteiger charge is -2.37. The molecule has 0 aliphatic carbocycles. The summed E-state index contributed by atoms with van der Waals surface area (Å²) < 4.78 is 18.6. The topological polar surface area (TPSA) is 61.9 Å². The van der Waals surface area contributed by atoms with Gasteiger partial charge < -0.3 is 15.0 Å². The summed E-state index contributed by atoms with van der Waals surface area (Å²) in [5.74, 6) is -0.590. The minimum Gasteiger partial charge on any atom is -0.444 e. The number of carbonyl (C=O) groups excluding carboxylic acids is 2.